The summed E-state index contributed by atoms with van der Waals surface area (Å²) in [5, 5.41) is 1.90. The van der Waals surface area contributed by atoms with Crippen molar-refractivity contribution in [2.24, 2.45) is 0 Å². The number of nitrogens with zero attached hydrogens (tertiary/aromatic N) is 1. The predicted molar refractivity (Wildman–Crippen MR) is 97.3 cm³/mol. The van der Waals surface area contributed by atoms with E-state index in [-0.39, 0.29) is 5.91 Å². The lowest BCUT2D eigenvalue weighted by Crippen LogP contribution is -2.36. The SMILES string of the molecule is Cc1ccc(CC(=O)N2CCc3[nH]c4cc(Cl)ccc4c3C2)cc1. The molecular formula is C20H19ClN2O. The molecule has 0 aliphatic carbocycles. The third kappa shape index (κ3) is 2.80. The van der Waals surface area contributed by atoms with E-state index in [0.717, 1.165) is 29.1 Å². The number of H-pyrrole nitrogens is 1. The first-order chi connectivity index (χ1) is 11.6. The van der Waals surface area contributed by atoms with Crippen molar-refractivity contribution in [3.8, 4) is 0 Å². The number of benzene rings is 2. The molecule has 0 unspecified atom stereocenters. The minimum absolute atomic E-state index is 0.188. The zero-order valence-electron chi connectivity index (χ0n) is 13.6. The van der Waals surface area contributed by atoms with Gasteiger partial charge in [-0.3, -0.25) is 4.79 Å². The molecule has 0 saturated heterocycles. The number of carbonyl (C=O) groups is 1. The highest BCUT2D eigenvalue weighted by Gasteiger charge is 2.24. The fourth-order valence-electron chi connectivity index (χ4n) is 3.40. The summed E-state index contributed by atoms with van der Waals surface area (Å²) in [7, 11) is 0. The number of rotatable bonds is 2. The van der Waals surface area contributed by atoms with Gasteiger partial charge in [0.05, 0.1) is 6.42 Å². The summed E-state index contributed by atoms with van der Waals surface area (Å²) in [5.74, 6) is 0.188. The number of carbonyl (C=O) groups excluding carboxylic acids is 1. The predicted octanol–water partition coefficient (Wildman–Crippen LogP) is 4.26. The van der Waals surface area contributed by atoms with Crippen LogP contribution in [0.1, 0.15) is 22.4 Å². The lowest BCUT2D eigenvalue weighted by atomic mass is 10.0. The molecule has 1 N–H and O–H groups in total. The molecule has 0 fully saturated rings. The highest BCUT2D eigenvalue weighted by molar-refractivity contribution is 6.31. The quantitative estimate of drug-likeness (QED) is 0.744. The fourth-order valence-corrected chi connectivity index (χ4v) is 3.57. The number of aromatic nitrogens is 1. The molecule has 0 spiro atoms. The van der Waals surface area contributed by atoms with Crippen LogP contribution in [0.3, 0.4) is 0 Å². The summed E-state index contributed by atoms with van der Waals surface area (Å²) in [4.78, 5) is 18.1. The van der Waals surface area contributed by atoms with E-state index in [4.69, 9.17) is 11.6 Å². The molecule has 2 aromatic carbocycles. The van der Waals surface area contributed by atoms with Gasteiger partial charge in [-0.25, -0.2) is 0 Å². The summed E-state index contributed by atoms with van der Waals surface area (Å²) >= 11 is 6.08. The number of halogens is 1. The maximum absolute atomic E-state index is 12.7. The number of nitrogens with one attached hydrogen (secondary N) is 1. The molecule has 2 heterocycles. The van der Waals surface area contributed by atoms with Crippen LogP contribution < -0.4 is 0 Å². The topological polar surface area (TPSA) is 36.1 Å². The second kappa shape index (κ2) is 5.99. The van der Waals surface area contributed by atoms with E-state index in [1.165, 1.54) is 22.2 Å². The Labute approximate surface area is 146 Å². The minimum atomic E-state index is 0.188. The molecule has 1 amide bonds. The van der Waals surface area contributed by atoms with Gasteiger partial charge in [0.15, 0.2) is 0 Å². The molecule has 1 aromatic heterocycles. The molecule has 1 aliphatic heterocycles. The third-order valence-electron chi connectivity index (χ3n) is 4.77. The first-order valence-electron chi connectivity index (χ1n) is 8.22. The molecule has 3 nitrogen and oxygen atoms in total. The van der Waals surface area contributed by atoms with Gasteiger partial charge >= 0.3 is 0 Å². The number of fused-ring (bicyclic) bond motifs is 3. The number of hydrogen-bond acceptors (Lipinski definition) is 1. The zero-order valence-corrected chi connectivity index (χ0v) is 14.4. The van der Waals surface area contributed by atoms with Gasteiger partial charge in [-0.1, -0.05) is 47.5 Å². The van der Waals surface area contributed by atoms with Crippen molar-refractivity contribution < 1.29 is 4.79 Å². The maximum atomic E-state index is 12.7. The van der Waals surface area contributed by atoms with Crippen LogP contribution in [0.5, 0.6) is 0 Å². The van der Waals surface area contributed by atoms with E-state index in [1.807, 2.05) is 35.2 Å². The van der Waals surface area contributed by atoms with Crippen LogP contribution >= 0.6 is 11.6 Å². The molecule has 0 saturated carbocycles. The average Bonchev–Trinajstić information content (AvgIpc) is 2.93. The third-order valence-corrected chi connectivity index (χ3v) is 5.00. The van der Waals surface area contributed by atoms with E-state index in [0.29, 0.717) is 13.0 Å². The van der Waals surface area contributed by atoms with Gasteiger partial charge in [0.25, 0.3) is 0 Å². The molecular weight excluding hydrogens is 320 g/mol. The van der Waals surface area contributed by atoms with Gasteiger partial charge in [-0.2, -0.15) is 0 Å². The fraction of sp³-hybridized carbons (Fsp3) is 0.250. The molecule has 1 aliphatic rings. The Morgan fingerprint density at radius 3 is 2.79 bits per heavy atom. The van der Waals surface area contributed by atoms with E-state index in [1.54, 1.807) is 0 Å². The monoisotopic (exact) mass is 338 g/mol. The van der Waals surface area contributed by atoms with Gasteiger partial charge < -0.3 is 9.88 Å². The summed E-state index contributed by atoms with van der Waals surface area (Å²) in [6, 6.07) is 14.1. The molecule has 0 radical (unpaired) electrons. The van der Waals surface area contributed by atoms with Crippen molar-refractivity contribution in [1.29, 1.82) is 0 Å². The Morgan fingerprint density at radius 1 is 1.21 bits per heavy atom. The number of aryl methyl sites for hydroxylation is 1. The van der Waals surface area contributed by atoms with Crippen LogP contribution in [-0.4, -0.2) is 22.3 Å². The zero-order chi connectivity index (χ0) is 16.7. The van der Waals surface area contributed by atoms with E-state index in [9.17, 15) is 4.79 Å². The van der Waals surface area contributed by atoms with Crippen molar-refractivity contribution in [2.45, 2.75) is 26.3 Å². The summed E-state index contributed by atoms with van der Waals surface area (Å²) < 4.78 is 0. The molecule has 122 valence electrons. The standard InChI is InChI=1S/C20H19ClN2O/c1-13-2-4-14(5-3-13)10-20(24)23-9-8-18-17(12-23)16-7-6-15(21)11-19(16)22-18/h2-7,11,22H,8-10,12H2,1H3. The van der Waals surface area contributed by atoms with Crippen LogP contribution in [-0.2, 0) is 24.2 Å². The minimum Gasteiger partial charge on any atom is -0.358 e. The van der Waals surface area contributed by atoms with Gasteiger partial charge in [-0.15, -0.1) is 0 Å². The second-order valence-electron chi connectivity index (χ2n) is 6.50. The molecule has 24 heavy (non-hydrogen) atoms. The van der Waals surface area contributed by atoms with E-state index in [2.05, 4.69) is 24.0 Å². The second-order valence-corrected chi connectivity index (χ2v) is 6.94. The van der Waals surface area contributed by atoms with Crippen LogP contribution in [0, 0.1) is 6.92 Å². The van der Waals surface area contributed by atoms with Crippen molar-refractivity contribution >= 4 is 28.4 Å². The van der Waals surface area contributed by atoms with Gasteiger partial charge in [0.2, 0.25) is 5.91 Å². The van der Waals surface area contributed by atoms with Crippen LogP contribution in [0.2, 0.25) is 5.02 Å². The normalized spacial score (nSPS) is 14.0. The van der Waals surface area contributed by atoms with Crippen LogP contribution in [0.25, 0.3) is 10.9 Å². The van der Waals surface area contributed by atoms with Gasteiger partial charge in [0, 0.05) is 46.7 Å². The Morgan fingerprint density at radius 2 is 2.00 bits per heavy atom. The maximum Gasteiger partial charge on any atom is 0.227 e. The van der Waals surface area contributed by atoms with Crippen molar-refractivity contribution in [3.63, 3.8) is 0 Å². The summed E-state index contributed by atoms with van der Waals surface area (Å²) in [6.45, 7) is 3.49. The molecule has 4 heteroatoms. The Hall–Kier alpha value is -2.26. The molecule has 4 rings (SSSR count). The number of amides is 1. The molecule has 0 bridgehead atoms. The Bertz CT molecular complexity index is 911. The lowest BCUT2D eigenvalue weighted by molar-refractivity contribution is -0.131. The summed E-state index contributed by atoms with van der Waals surface area (Å²) in [6.07, 6.45) is 1.32. The van der Waals surface area contributed by atoms with E-state index < -0.39 is 0 Å². The lowest BCUT2D eigenvalue weighted by Gasteiger charge is -2.27. The van der Waals surface area contributed by atoms with Crippen LogP contribution in [0.15, 0.2) is 42.5 Å². The van der Waals surface area contributed by atoms with Gasteiger partial charge in [-0.05, 0) is 24.6 Å². The van der Waals surface area contributed by atoms with Crippen LogP contribution in [0.4, 0.5) is 0 Å². The smallest absolute Gasteiger partial charge is 0.227 e. The number of aromatic amines is 1. The van der Waals surface area contributed by atoms with Gasteiger partial charge in [0.1, 0.15) is 0 Å². The number of hydrogen-bond donors (Lipinski definition) is 1. The highest BCUT2D eigenvalue weighted by Crippen LogP contribution is 2.29. The Kier molecular flexibility index (Phi) is 3.81. The first-order valence-corrected chi connectivity index (χ1v) is 8.60. The average molecular weight is 339 g/mol. The van der Waals surface area contributed by atoms with Crippen molar-refractivity contribution in [1.82, 2.24) is 9.88 Å². The van der Waals surface area contributed by atoms with Crippen molar-refractivity contribution in [3.05, 3.63) is 69.9 Å². The van der Waals surface area contributed by atoms with E-state index >= 15 is 0 Å². The largest absolute Gasteiger partial charge is 0.358 e. The van der Waals surface area contributed by atoms with Crippen molar-refractivity contribution in [2.75, 3.05) is 6.54 Å². The summed E-state index contributed by atoms with van der Waals surface area (Å²) in [5.41, 5.74) is 5.80. The molecule has 3 aromatic rings. The Balaban J connectivity index is 1.56. The molecule has 0 atom stereocenters. The highest BCUT2D eigenvalue weighted by atomic mass is 35.5. The first kappa shape index (κ1) is 15.3.